The van der Waals surface area contributed by atoms with Crippen molar-refractivity contribution in [3.05, 3.63) is 65.3 Å². The molecule has 2 saturated heterocycles. The molecule has 0 spiro atoms. The van der Waals surface area contributed by atoms with Gasteiger partial charge in [0, 0.05) is 43.2 Å². The summed E-state index contributed by atoms with van der Waals surface area (Å²) in [5, 5.41) is 9.97. The normalized spacial score (nSPS) is 20.4. The number of amides is 2. The van der Waals surface area contributed by atoms with E-state index >= 15 is 0 Å². The summed E-state index contributed by atoms with van der Waals surface area (Å²) in [5.41, 5.74) is 4.69. The molecule has 2 atom stereocenters. The third-order valence-corrected chi connectivity index (χ3v) is 8.27. The number of unbranched alkanes of at least 4 members (excludes halogenated alkanes) is 2. The predicted octanol–water partition coefficient (Wildman–Crippen LogP) is 4.79. The fraction of sp³-hybridized carbons (Fsp3) is 0.394. The molecule has 4 aliphatic heterocycles. The molecule has 0 aliphatic carbocycles. The fourth-order valence-corrected chi connectivity index (χ4v) is 6.01. The summed E-state index contributed by atoms with van der Waals surface area (Å²) in [6.45, 7) is 9.77. The minimum Gasteiger partial charge on any atom is -0.493 e. The maximum Gasteiger partial charge on any atom is 0.257 e. The van der Waals surface area contributed by atoms with Gasteiger partial charge in [0.2, 0.25) is 0 Å². The smallest absolute Gasteiger partial charge is 0.257 e. The molecule has 10 heteroatoms. The Morgan fingerprint density at radius 1 is 0.791 bits per heavy atom. The lowest BCUT2D eigenvalue weighted by atomic mass is 10.1. The Morgan fingerprint density at radius 2 is 1.33 bits per heavy atom. The van der Waals surface area contributed by atoms with Crippen LogP contribution in [0.2, 0.25) is 0 Å². The van der Waals surface area contributed by atoms with Gasteiger partial charge < -0.3 is 29.1 Å². The fourth-order valence-electron chi connectivity index (χ4n) is 6.01. The van der Waals surface area contributed by atoms with Gasteiger partial charge in [-0.2, -0.15) is 0 Å². The molecule has 2 aromatic rings. The van der Waals surface area contributed by atoms with Crippen molar-refractivity contribution in [3.8, 4) is 17.2 Å². The van der Waals surface area contributed by atoms with Crippen LogP contribution in [0.25, 0.3) is 0 Å². The summed E-state index contributed by atoms with van der Waals surface area (Å²) in [4.78, 5) is 39.0. The van der Waals surface area contributed by atoms with Gasteiger partial charge in [0.05, 0.1) is 61.5 Å². The van der Waals surface area contributed by atoms with E-state index in [0.29, 0.717) is 78.0 Å². The molecule has 0 aromatic heterocycles. The van der Waals surface area contributed by atoms with E-state index in [1.54, 1.807) is 47.4 Å². The molecule has 0 radical (unpaired) electrons. The lowest BCUT2D eigenvalue weighted by Gasteiger charge is -2.20. The highest BCUT2D eigenvalue weighted by Gasteiger charge is 2.35. The van der Waals surface area contributed by atoms with Crippen molar-refractivity contribution in [2.45, 2.75) is 50.8 Å². The minimum atomic E-state index is -0.240. The first kappa shape index (κ1) is 28.7. The van der Waals surface area contributed by atoms with Crippen LogP contribution < -0.4 is 14.2 Å². The molecule has 43 heavy (non-hydrogen) atoms. The second-order valence-corrected chi connectivity index (χ2v) is 11.4. The van der Waals surface area contributed by atoms with Gasteiger partial charge in [0.25, 0.3) is 11.8 Å². The van der Waals surface area contributed by atoms with Crippen molar-refractivity contribution in [1.82, 2.24) is 9.80 Å². The first-order chi connectivity index (χ1) is 20.9. The number of nitrogens with zero attached hydrogens (tertiary/aromatic N) is 4. The molecule has 10 nitrogen and oxygen atoms in total. The summed E-state index contributed by atoms with van der Waals surface area (Å²) in [7, 11) is 1.56. The molecule has 2 fully saturated rings. The number of methoxy groups -OCH3 is 1. The van der Waals surface area contributed by atoms with Crippen molar-refractivity contribution in [2.24, 2.45) is 9.98 Å². The Hall–Kier alpha value is -4.44. The zero-order valence-corrected chi connectivity index (χ0v) is 24.4. The zero-order valence-electron chi connectivity index (χ0n) is 24.4. The maximum absolute atomic E-state index is 13.2. The number of carbonyl (C=O) groups excluding carboxylic acids is 2. The van der Waals surface area contributed by atoms with E-state index in [9.17, 15) is 14.7 Å². The lowest BCUT2D eigenvalue weighted by Crippen LogP contribution is -2.35. The van der Waals surface area contributed by atoms with Crippen LogP contribution >= 0.6 is 0 Å². The number of hydrogen-bond donors (Lipinski definition) is 1. The number of carbonyl (C=O) groups is 2. The molecule has 4 heterocycles. The lowest BCUT2D eigenvalue weighted by molar-refractivity contribution is 0.0770. The van der Waals surface area contributed by atoms with Crippen LogP contribution in [0.1, 0.15) is 58.4 Å². The molecular formula is C33H36N4O6. The van der Waals surface area contributed by atoms with E-state index in [1.165, 1.54) is 0 Å². The van der Waals surface area contributed by atoms with E-state index in [0.717, 1.165) is 36.8 Å². The van der Waals surface area contributed by atoms with Crippen molar-refractivity contribution in [1.29, 1.82) is 0 Å². The Balaban J connectivity index is 1.02. The van der Waals surface area contributed by atoms with E-state index in [4.69, 9.17) is 14.2 Å². The predicted molar refractivity (Wildman–Crippen MR) is 164 cm³/mol. The van der Waals surface area contributed by atoms with Gasteiger partial charge >= 0.3 is 0 Å². The van der Waals surface area contributed by atoms with E-state index in [2.05, 4.69) is 23.1 Å². The number of hydrogen-bond acceptors (Lipinski definition) is 8. The van der Waals surface area contributed by atoms with Crippen LogP contribution in [0.15, 0.2) is 58.6 Å². The van der Waals surface area contributed by atoms with Crippen molar-refractivity contribution in [2.75, 3.05) is 33.4 Å². The van der Waals surface area contributed by atoms with Crippen LogP contribution in [-0.2, 0) is 6.61 Å². The monoisotopic (exact) mass is 584 g/mol. The standard InChI is InChI=1S/C33H36N4O6/c1-20-9-23-15-34-27-13-29(22(19-38)11-25(27)32(39)36(23)17-20)42-7-5-4-6-8-43-31-14-28-26(12-30(31)41-3)33(40)37-18-21(2)10-24(37)16-35-28/h11-16,23-24,38H,1-2,4-10,17-19H2,3H3/t23-,24-/m0/s1. The molecule has 2 amide bonds. The molecule has 0 bridgehead atoms. The maximum atomic E-state index is 13.2. The summed E-state index contributed by atoms with van der Waals surface area (Å²) < 4.78 is 17.6. The highest BCUT2D eigenvalue weighted by molar-refractivity contribution is 6.04. The summed E-state index contributed by atoms with van der Waals surface area (Å²) in [6, 6.07) is 6.75. The Bertz CT molecular complexity index is 1430. The van der Waals surface area contributed by atoms with Gasteiger partial charge in [0.15, 0.2) is 11.5 Å². The number of ether oxygens (including phenoxy) is 3. The first-order valence-corrected chi connectivity index (χ1v) is 14.6. The number of benzene rings is 2. The summed E-state index contributed by atoms with van der Waals surface area (Å²) in [5.74, 6) is 1.39. The van der Waals surface area contributed by atoms with Crippen LogP contribution in [0.3, 0.4) is 0 Å². The average Bonchev–Trinajstić information content (AvgIpc) is 3.51. The third-order valence-electron chi connectivity index (χ3n) is 8.27. The highest BCUT2D eigenvalue weighted by atomic mass is 16.5. The summed E-state index contributed by atoms with van der Waals surface area (Å²) >= 11 is 0. The minimum absolute atomic E-state index is 0.0713. The number of aliphatic imine (C=N–C) groups is 2. The topological polar surface area (TPSA) is 113 Å². The van der Waals surface area contributed by atoms with Crippen molar-refractivity contribution in [3.63, 3.8) is 0 Å². The van der Waals surface area contributed by atoms with Crippen LogP contribution in [0, 0.1) is 0 Å². The largest absolute Gasteiger partial charge is 0.493 e. The molecular weight excluding hydrogens is 548 g/mol. The number of fused-ring (bicyclic) bond motifs is 4. The number of aliphatic hydroxyl groups excluding tert-OH is 1. The van der Waals surface area contributed by atoms with Gasteiger partial charge in [0.1, 0.15) is 5.75 Å². The first-order valence-electron chi connectivity index (χ1n) is 14.6. The molecule has 4 aliphatic rings. The van der Waals surface area contributed by atoms with E-state index < -0.39 is 0 Å². The van der Waals surface area contributed by atoms with E-state index in [-0.39, 0.29) is 30.5 Å². The van der Waals surface area contributed by atoms with Gasteiger partial charge in [-0.15, -0.1) is 0 Å². The van der Waals surface area contributed by atoms with Gasteiger partial charge in [-0.05, 0) is 44.2 Å². The highest BCUT2D eigenvalue weighted by Crippen LogP contribution is 2.39. The average molecular weight is 585 g/mol. The second kappa shape index (κ2) is 12.0. The second-order valence-electron chi connectivity index (χ2n) is 11.4. The van der Waals surface area contributed by atoms with Crippen LogP contribution in [-0.4, -0.2) is 84.6 Å². The molecule has 224 valence electrons. The molecule has 1 N–H and O–H groups in total. The number of aliphatic hydroxyl groups is 1. The third kappa shape index (κ3) is 5.67. The summed E-state index contributed by atoms with van der Waals surface area (Å²) in [6.07, 6.45) is 7.46. The molecule has 2 aromatic carbocycles. The van der Waals surface area contributed by atoms with Crippen LogP contribution in [0.4, 0.5) is 11.4 Å². The van der Waals surface area contributed by atoms with Gasteiger partial charge in [-0.25, -0.2) is 0 Å². The van der Waals surface area contributed by atoms with Gasteiger partial charge in [-0.1, -0.05) is 24.3 Å². The van der Waals surface area contributed by atoms with Gasteiger partial charge in [-0.3, -0.25) is 19.6 Å². The Kier molecular flexibility index (Phi) is 8.03. The van der Waals surface area contributed by atoms with Crippen molar-refractivity contribution >= 4 is 35.6 Å². The van der Waals surface area contributed by atoms with E-state index in [1.807, 2.05) is 6.21 Å². The Morgan fingerprint density at radius 3 is 1.88 bits per heavy atom. The van der Waals surface area contributed by atoms with Crippen LogP contribution in [0.5, 0.6) is 17.2 Å². The Labute approximate surface area is 251 Å². The molecule has 6 rings (SSSR count). The zero-order chi connectivity index (χ0) is 30.1. The van der Waals surface area contributed by atoms with Crippen molar-refractivity contribution < 1.29 is 28.9 Å². The number of rotatable bonds is 10. The molecule has 0 saturated carbocycles. The SMILES string of the molecule is C=C1C[C@H]2C=Nc3cc(OCCCCCOc4cc5c(cc4OC)C(=O)N4CC(=C)C[C@H]4C=N5)c(CO)cc3C(=O)N2C1. The molecule has 0 unspecified atom stereocenters. The quantitative estimate of drug-likeness (QED) is 0.318.